The molecule has 0 radical (unpaired) electrons. The first-order valence-electron chi connectivity index (χ1n) is 9.65. The highest BCUT2D eigenvalue weighted by Crippen LogP contribution is 2.19. The van der Waals surface area contributed by atoms with Crippen molar-refractivity contribution in [2.75, 3.05) is 47.3 Å². The van der Waals surface area contributed by atoms with E-state index < -0.39 is 37.2 Å². The van der Waals surface area contributed by atoms with E-state index in [1.165, 1.54) is 7.11 Å². The fourth-order valence-corrected chi connectivity index (χ4v) is 1.70. The van der Waals surface area contributed by atoms with Gasteiger partial charge in [-0.1, -0.05) is 13.8 Å². The quantitative estimate of drug-likeness (QED) is 0.343. The van der Waals surface area contributed by atoms with E-state index in [2.05, 4.69) is 9.47 Å². The second-order valence-corrected chi connectivity index (χ2v) is 5.35. The molecular weight excluding hydrogens is 436 g/mol. The normalized spacial score (nSPS) is 18.4. The maximum absolute atomic E-state index is 10.4. The van der Waals surface area contributed by atoms with Gasteiger partial charge in [0.25, 0.3) is 6.47 Å². The average molecular weight is 475 g/mol. The van der Waals surface area contributed by atoms with E-state index in [0.717, 1.165) is 6.61 Å². The number of hydrogen-bond acceptors (Lipinski definition) is 9. The van der Waals surface area contributed by atoms with Crippen molar-refractivity contribution in [3.63, 3.8) is 0 Å². The summed E-state index contributed by atoms with van der Waals surface area (Å²) in [6.45, 7) is 7.60. The van der Waals surface area contributed by atoms with Crippen molar-refractivity contribution in [2.45, 2.75) is 52.4 Å². The topological polar surface area (TPSA) is 195 Å². The Balaban J connectivity index is -0.000000215. The van der Waals surface area contributed by atoms with Crippen molar-refractivity contribution in [1.29, 1.82) is 0 Å². The Bertz CT molecular complexity index is 455. The van der Waals surface area contributed by atoms with E-state index in [-0.39, 0.29) is 25.3 Å². The minimum Gasteiger partial charge on any atom is -0.483 e. The van der Waals surface area contributed by atoms with Crippen LogP contribution < -0.4 is 0 Å². The molecule has 0 aromatic rings. The smallest absolute Gasteiger partial charge is 0.329 e. The van der Waals surface area contributed by atoms with Crippen molar-refractivity contribution >= 4 is 24.4 Å². The van der Waals surface area contributed by atoms with Gasteiger partial charge in [-0.25, -0.2) is 14.4 Å². The minimum absolute atomic E-state index is 0.208. The Hall–Kier alpha value is -2.32. The molecule has 1 aliphatic rings. The summed E-state index contributed by atoms with van der Waals surface area (Å²) in [5.74, 6) is -3.03. The molecular formula is C19H38O13. The monoisotopic (exact) mass is 474 g/mol. The summed E-state index contributed by atoms with van der Waals surface area (Å²) >= 11 is 0. The summed E-state index contributed by atoms with van der Waals surface area (Å²) in [6, 6.07) is 0. The molecule has 0 aromatic carbocycles. The molecule has 0 spiro atoms. The molecule has 192 valence electrons. The Labute approximate surface area is 188 Å². The lowest BCUT2D eigenvalue weighted by atomic mass is 10.0. The number of carbonyl (C=O) groups is 4. The highest BCUT2D eigenvalue weighted by atomic mass is 16.6. The summed E-state index contributed by atoms with van der Waals surface area (Å²) in [5.41, 5.74) is 0. The number of aliphatic carboxylic acids is 3. The van der Waals surface area contributed by atoms with E-state index in [4.69, 9.17) is 39.4 Å². The number of methoxy groups -OCH3 is 2. The van der Waals surface area contributed by atoms with E-state index >= 15 is 0 Å². The van der Waals surface area contributed by atoms with Crippen molar-refractivity contribution < 1.29 is 63.3 Å². The van der Waals surface area contributed by atoms with E-state index in [0.29, 0.717) is 13.0 Å². The van der Waals surface area contributed by atoms with Gasteiger partial charge < -0.3 is 44.1 Å². The third-order valence-electron chi connectivity index (χ3n) is 2.98. The van der Waals surface area contributed by atoms with Crippen LogP contribution in [0.25, 0.3) is 0 Å². The van der Waals surface area contributed by atoms with Crippen molar-refractivity contribution in [2.24, 2.45) is 0 Å². The maximum atomic E-state index is 10.4. The second kappa shape index (κ2) is 28.7. The van der Waals surface area contributed by atoms with Gasteiger partial charge in [-0.15, -0.1) is 0 Å². The second-order valence-electron chi connectivity index (χ2n) is 5.35. The Kier molecular flexibility index (Phi) is 33.2. The van der Waals surface area contributed by atoms with E-state index in [9.17, 15) is 14.4 Å². The van der Waals surface area contributed by atoms with Gasteiger partial charge in [-0.2, -0.15) is 0 Å². The Morgan fingerprint density at radius 2 is 1.34 bits per heavy atom. The molecule has 1 saturated heterocycles. The predicted molar refractivity (Wildman–Crippen MR) is 112 cm³/mol. The van der Waals surface area contributed by atoms with Crippen LogP contribution in [0.5, 0.6) is 0 Å². The molecule has 13 heteroatoms. The maximum Gasteiger partial charge on any atom is 0.329 e. The SMILES string of the molecule is CC.CCOC.COCC(=O)O.C[C@@H]1OC[C@H](OCC(=O)O)CC1OCC(=O)O.O=CO. The van der Waals surface area contributed by atoms with Gasteiger partial charge in [0.2, 0.25) is 0 Å². The summed E-state index contributed by atoms with van der Waals surface area (Å²) in [5, 5.41) is 31.6. The first kappa shape index (κ1) is 37.0. The zero-order valence-corrected chi connectivity index (χ0v) is 19.5. The lowest BCUT2D eigenvalue weighted by Gasteiger charge is -2.33. The van der Waals surface area contributed by atoms with Crippen molar-refractivity contribution in [1.82, 2.24) is 0 Å². The molecule has 1 aliphatic heterocycles. The van der Waals surface area contributed by atoms with Crippen LogP contribution in [0.1, 0.15) is 34.1 Å². The van der Waals surface area contributed by atoms with Gasteiger partial charge in [0.1, 0.15) is 19.8 Å². The van der Waals surface area contributed by atoms with Crippen LogP contribution in [-0.2, 0) is 42.9 Å². The molecule has 0 aliphatic carbocycles. The number of hydrogen-bond donors (Lipinski definition) is 4. The molecule has 32 heavy (non-hydrogen) atoms. The summed E-state index contributed by atoms with van der Waals surface area (Å²) in [4.78, 5) is 38.5. The largest absolute Gasteiger partial charge is 0.483 e. The number of rotatable bonds is 9. The average Bonchev–Trinajstić information content (AvgIpc) is 2.74. The predicted octanol–water partition coefficient (Wildman–Crippen LogP) is 0.832. The lowest BCUT2D eigenvalue weighted by molar-refractivity contribution is -0.172. The molecule has 0 bridgehead atoms. The highest BCUT2D eigenvalue weighted by molar-refractivity contribution is 5.68. The zero-order valence-electron chi connectivity index (χ0n) is 19.5. The van der Waals surface area contributed by atoms with Gasteiger partial charge in [0.15, 0.2) is 0 Å². The fraction of sp³-hybridized carbons (Fsp3) is 0.789. The molecule has 0 amide bonds. The number of carboxylic acid groups (broad SMARTS) is 4. The molecule has 13 nitrogen and oxygen atoms in total. The number of carboxylic acids is 3. The first-order chi connectivity index (χ1) is 15.1. The van der Waals surface area contributed by atoms with Crippen LogP contribution in [0.2, 0.25) is 0 Å². The summed E-state index contributed by atoms with van der Waals surface area (Å²) in [6.07, 6.45) is -0.555. The van der Waals surface area contributed by atoms with Crippen molar-refractivity contribution in [3.8, 4) is 0 Å². The third kappa shape index (κ3) is 32.3. The summed E-state index contributed by atoms with van der Waals surface area (Å²) in [7, 11) is 3.02. The Morgan fingerprint density at radius 1 is 0.938 bits per heavy atom. The van der Waals surface area contributed by atoms with Crippen LogP contribution in [0.15, 0.2) is 0 Å². The molecule has 1 unspecified atom stereocenters. The highest BCUT2D eigenvalue weighted by Gasteiger charge is 2.30. The fourth-order valence-electron chi connectivity index (χ4n) is 1.70. The molecule has 4 N–H and O–H groups in total. The molecule has 0 saturated carbocycles. The van der Waals surface area contributed by atoms with Gasteiger partial charge in [0, 0.05) is 27.2 Å². The Morgan fingerprint density at radius 3 is 1.66 bits per heavy atom. The number of ether oxygens (including phenoxy) is 5. The first-order valence-corrected chi connectivity index (χ1v) is 9.65. The minimum atomic E-state index is -1.05. The standard InChI is InChI=1S/C10H16O7.C3H6O3.C3H8O.C2H6.CH2O2/c1-6-8(17-5-10(13)14)2-7(3-15-6)16-4-9(11)12;1-6-2-3(4)5;1-3-4-2;1-2;2-1-3/h6-8H,2-5H2,1H3,(H,11,12)(H,13,14);2H2,1H3,(H,4,5);3H2,1-2H3;1-2H3;1H,(H,2,3)/t6-,7+,8?;;;;/m0..../s1. The summed E-state index contributed by atoms with van der Waals surface area (Å²) < 4.78 is 24.3. The van der Waals surface area contributed by atoms with Crippen LogP contribution in [0.3, 0.4) is 0 Å². The van der Waals surface area contributed by atoms with Gasteiger partial charge >= 0.3 is 17.9 Å². The third-order valence-corrected chi connectivity index (χ3v) is 2.98. The molecule has 1 rings (SSSR count). The van der Waals surface area contributed by atoms with Crippen LogP contribution in [0.4, 0.5) is 0 Å². The van der Waals surface area contributed by atoms with E-state index in [1.807, 2.05) is 20.8 Å². The molecule has 0 aromatic heterocycles. The van der Waals surface area contributed by atoms with Gasteiger partial charge in [-0.05, 0) is 13.8 Å². The molecule has 3 atom stereocenters. The van der Waals surface area contributed by atoms with Crippen molar-refractivity contribution in [3.05, 3.63) is 0 Å². The van der Waals surface area contributed by atoms with Crippen LogP contribution in [0, 0.1) is 0 Å². The zero-order chi connectivity index (χ0) is 25.9. The van der Waals surface area contributed by atoms with Gasteiger partial charge in [-0.3, -0.25) is 4.79 Å². The van der Waals surface area contributed by atoms with E-state index in [1.54, 1.807) is 14.0 Å². The lowest BCUT2D eigenvalue weighted by Crippen LogP contribution is -2.43. The molecule has 1 heterocycles. The van der Waals surface area contributed by atoms with Crippen LogP contribution in [-0.4, -0.2) is 110 Å². The molecule has 1 fully saturated rings. The van der Waals surface area contributed by atoms with Crippen LogP contribution >= 0.6 is 0 Å². The van der Waals surface area contributed by atoms with Gasteiger partial charge in [0.05, 0.1) is 24.9 Å².